The van der Waals surface area contributed by atoms with E-state index in [4.69, 9.17) is 14.8 Å². The number of anilines is 1. The maximum Gasteiger partial charge on any atom is 0.213 e. The molecule has 33 heavy (non-hydrogen) atoms. The largest absolute Gasteiger partial charge is 0.481 e. The maximum absolute atomic E-state index is 13.6. The maximum atomic E-state index is 13.6. The van der Waals surface area contributed by atoms with Crippen LogP contribution in [0.15, 0.2) is 54.7 Å². The normalized spacial score (nSPS) is 18.6. The van der Waals surface area contributed by atoms with Crippen LogP contribution in [0.5, 0.6) is 5.88 Å². The lowest BCUT2D eigenvalue weighted by Gasteiger charge is -2.38. The standard InChI is InChI=1S/C25H25FN6O/c1-33-23-15-18(10-11-27-23)25-24(17-4-6-19(26)7-5-17)28-21-8-9-22(29-32(21)25)31-14-13-30-12-2-3-20(30)16-31/h4-11,15,20H,2-3,12-14,16H2,1H3. The summed E-state index contributed by atoms with van der Waals surface area (Å²) < 4.78 is 20.9. The Balaban J connectivity index is 1.49. The first-order valence-corrected chi connectivity index (χ1v) is 11.3. The molecule has 0 bridgehead atoms. The van der Waals surface area contributed by atoms with Crippen molar-refractivity contribution in [2.24, 2.45) is 0 Å². The second kappa shape index (κ2) is 8.12. The first-order valence-electron chi connectivity index (χ1n) is 11.3. The summed E-state index contributed by atoms with van der Waals surface area (Å²) >= 11 is 0. The molecule has 8 heteroatoms. The van der Waals surface area contributed by atoms with Crippen molar-refractivity contribution in [3.8, 4) is 28.4 Å². The van der Waals surface area contributed by atoms with E-state index < -0.39 is 0 Å². The number of nitrogens with zero attached hydrogens (tertiary/aromatic N) is 6. The fourth-order valence-electron chi connectivity index (χ4n) is 5.03. The summed E-state index contributed by atoms with van der Waals surface area (Å²) in [5.41, 5.74) is 4.03. The molecule has 0 spiro atoms. The molecule has 0 aliphatic carbocycles. The van der Waals surface area contributed by atoms with Crippen molar-refractivity contribution in [3.63, 3.8) is 0 Å². The van der Waals surface area contributed by atoms with Gasteiger partial charge in [-0.2, -0.15) is 0 Å². The molecule has 2 fully saturated rings. The molecule has 4 aromatic rings. The van der Waals surface area contributed by atoms with Crippen LogP contribution in [0.4, 0.5) is 10.2 Å². The summed E-state index contributed by atoms with van der Waals surface area (Å²) in [4.78, 5) is 14.1. The van der Waals surface area contributed by atoms with Gasteiger partial charge in [0.15, 0.2) is 5.65 Å². The molecular formula is C25H25FN6O. The Labute approximate surface area is 191 Å². The Morgan fingerprint density at radius 1 is 1.00 bits per heavy atom. The van der Waals surface area contributed by atoms with Crippen LogP contribution in [0.1, 0.15) is 12.8 Å². The molecule has 168 valence electrons. The van der Waals surface area contributed by atoms with Gasteiger partial charge < -0.3 is 9.64 Å². The summed E-state index contributed by atoms with van der Waals surface area (Å²) in [6.07, 6.45) is 4.24. The number of halogens is 1. The molecule has 6 rings (SSSR count). The van der Waals surface area contributed by atoms with Gasteiger partial charge in [-0.15, -0.1) is 5.10 Å². The van der Waals surface area contributed by atoms with Gasteiger partial charge in [-0.05, 0) is 61.9 Å². The molecule has 1 atom stereocenters. The average molecular weight is 445 g/mol. The molecule has 7 nitrogen and oxygen atoms in total. The number of benzene rings is 1. The van der Waals surface area contributed by atoms with Crippen LogP contribution in [0.2, 0.25) is 0 Å². The zero-order valence-corrected chi connectivity index (χ0v) is 18.5. The monoisotopic (exact) mass is 444 g/mol. The van der Waals surface area contributed by atoms with Crippen LogP contribution < -0.4 is 9.64 Å². The Morgan fingerprint density at radius 3 is 2.73 bits per heavy atom. The highest BCUT2D eigenvalue weighted by atomic mass is 19.1. The van der Waals surface area contributed by atoms with E-state index in [1.54, 1.807) is 25.4 Å². The molecule has 0 radical (unpaired) electrons. The molecule has 2 aliphatic heterocycles. The van der Waals surface area contributed by atoms with Gasteiger partial charge in [0, 0.05) is 49.1 Å². The highest BCUT2D eigenvalue weighted by Crippen LogP contribution is 2.34. The summed E-state index contributed by atoms with van der Waals surface area (Å²) in [5, 5.41) is 5.03. The van der Waals surface area contributed by atoms with Crippen molar-refractivity contribution in [1.82, 2.24) is 24.5 Å². The number of fused-ring (bicyclic) bond motifs is 2. The Kier molecular flexibility index (Phi) is 4.95. The zero-order chi connectivity index (χ0) is 22.4. The third-order valence-electron chi connectivity index (χ3n) is 6.71. The summed E-state index contributed by atoms with van der Waals surface area (Å²) in [6, 6.07) is 14.9. The lowest BCUT2D eigenvalue weighted by Crippen LogP contribution is -2.50. The Bertz CT molecular complexity index is 1300. The molecule has 2 aliphatic rings. The number of aromatic nitrogens is 4. The van der Waals surface area contributed by atoms with Gasteiger partial charge in [0.1, 0.15) is 17.3 Å². The molecule has 0 N–H and O–H groups in total. The van der Waals surface area contributed by atoms with Crippen LogP contribution >= 0.6 is 0 Å². The third-order valence-corrected chi connectivity index (χ3v) is 6.71. The van der Waals surface area contributed by atoms with Crippen molar-refractivity contribution in [3.05, 3.63) is 60.5 Å². The van der Waals surface area contributed by atoms with E-state index in [0.717, 1.165) is 53.6 Å². The Hall–Kier alpha value is -3.52. The number of hydrogen-bond donors (Lipinski definition) is 0. The van der Waals surface area contributed by atoms with Crippen molar-refractivity contribution >= 4 is 11.5 Å². The molecule has 0 amide bonds. The minimum atomic E-state index is -0.277. The van der Waals surface area contributed by atoms with Gasteiger partial charge >= 0.3 is 0 Å². The molecule has 2 saturated heterocycles. The second-order valence-corrected chi connectivity index (χ2v) is 8.64. The number of hydrogen-bond acceptors (Lipinski definition) is 6. The number of ether oxygens (including phenoxy) is 1. The van der Waals surface area contributed by atoms with Crippen molar-refractivity contribution in [2.45, 2.75) is 18.9 Å². The zero-order valence-electron chi connectivity index (χ0n) is 18.5. The van der Waals surface area contributed by atoms with Crippen LogP contribution in [0, 0.1) is 5.82 Å². The summed E-state index contributed by atoms with van der Waals surface area (Å²) in [5.74, 6) is 1.18. The fourth-order valence-corrected chi connectivity index (χ4v) is 5.03. The fraction of sp³-hybridized carbons (Fsp3) is 0.320. The molecule has 0 saturated carbocycles. The predicted octanol–water partition coefficient (Wildman–Crippen LogP) is 3.89. The second-order valence-electron chi connectivity index (χ2n) is 8.64. The van der Waals surface area contributed by atoms with E-state index in [-0.39, 0.29) is 5.82 Å². The van der Waals surface area contributed by atoms with E-state index in [1.807, 2.05) is 22.7 Å². The SMILES string of the molecule is COc1cc(-c2c(-c3ccc(F)cc3)nc3ccc(N4CCN5CCCC5C4)nn23)ccn1. The van der Waals surface area contributed by atoms with E-state index in [2.05, 4.69) is 20.9 Å². The van der Waals surface area contributed by atoms with Crippen LogP contribution in [0.25, 0.3) is 28.2 Å². The van der Waals surface area contributed by atoms with Crippen LogP contribution in [0.3, 0.4) is 0 Å². The Morgan fingerprint density at radius 2 is 1.88 bits per heavy atom. The number of methoxy groups -OCH3 is 1. The number of rotatable bonds is 4. The van der Waals surface area contributed by atoms with Crippen molar-refractivity contribution in [1.29, 1.82) is 0 Å². The van der Waals surface area contributed by atoms with Gasteiger partial charge in [0.2, 0.25) is 5.88 Å². The smallest absolute Gasteiger partial charge is 0.213 e. The minimum absolute atomic E-state index is 0.277. The van der Waals surface area contributed by atoms with E-state index >= 15 is 0 Å². The van der Waals surface area contributed by atoms with Crippen molar-refractivity contribution < 1.29 is 9.13 Å². The van der Waals surface area contributed by atoms with Crippen LogP contribution in [-0.4, -0.2) is 63.8 Å². The minimum Gasteiger partial charge on any atom is -0.481 e. The highest BCUT2D eigenvalue weighted by Gasteiger charge is 2.31. The van der Waals surface area contributed by atoms with Gasteiger partial charge in [-0.3, -0.25) is 4.90 Å². The van der Waals surface area contributed by atoms with Crippen molar-refractivity contribution in [2.75, 3.05) is 38.2 Å². The van der Waals surface area contributed by atoms with E-state index in [0.29, 0.717) is 11.9 Å². The summed E-state index contributed by atoms with van der Waals surface area (Å²) in [6.45, 7) is 4.24. The molecule has 5 heterocycles. The number of piperazine rings is 1. The molecule has 1 unspecified atom stereocenters. The predicted molar refractivity (Wildman–Crippen MR) is 125 cm³/mol. The summed E-state index contributed by atoms with van der Waals surface area (Å²) in [7, 11) is 1.60. The topological polar surface area (TPSA) is 58.8 Å². The molecular weight excluding hydrogens is 419 g/mol. The highest BCUT2D eigenvalue weighted by molar-refractivity contribution is 5.82. The molecule has 1 aromatic carbocycles. The third kappa shape index (κ3) is 3.60. The lowest BCUT2D eigenvalue weighted by molar-refractivity contribution is 0.230. The lowest BCUT2D eigenvalue weighted by atomic mass is 10.1. The van der Waals surface area contributed by atoms with Gasteiger partial charge in [-0.25, -0.2) is 18.9 Å². The van der Waals surface area contributed by atoms with E-state index in [9.17, 15) is 4.39 Å². The van der Waals surface area contributed by atoms with Crippen LogP contribution in [-0.2, 0) is 0 Å². The van der Waals surface area contributed by atoms with Gasteiger partial charge in [0.05, 0.1) is 12.8 Å². The first kappa shape index (κ1) is 20.1. The average Bonchev–Trinajstić information content (AvgIpc) is 3.48. The van der Waals surface area contributed by atoms with E-state index in [1.165, 1.54) is 31.5 Å². The first-order chi connectivity index (χ1) is 16.2. The van der Waals surface area contributed by atoms with Gasteiger partial charge in [-0.1, -0.05) is 0 Å². The molecule has 3 aromatic heterocycles. The quantitative estimate of drug-likeness (QED) is 0.476. The van der Waals surface area contributed by atoms with Gasteiger partial charge in [0.25, 0.3) is 0 Å². The number of imidazole rings is 1. The number of pyridine rings is 1.